The van der Waals surface area contributed by atoms with Gasteiger partial charge in [0.25, 0.3) is 5.91 Å². The molecule has 0 bridgehead atoms. The third-order valence-corrected chi connectivity index (χ3v) is 2.86. The minimum absolute atomic E-state index is 0.163. The number of benzene rings is 1. The summed E-state index contributed by atoms with van der Waals surface area (Å²) < 4.78 is 0. The summed E-state index contributed by atoms with van der Waals surface area (Å²) >= 11 is 0. The average molecular weight is 240 g/mol. The predicted octanol–water partition coefficient (Wildman–Crippen LogP) is 2.97. The highest BCUT2D eigenvalue weighted by Crippen LogP contribution is 2.28. The van der Waals surface area contributed by atoms with E-state index < -0.39 is 5.91 Å². The highest BCUT2D eigenvalue weighted by Gasteiger charge is 2.17. The molecule has 2 aromatic rings. The number of carbonyl (C=O) groups is 1. The van der Waals surface area contributed by atoms with E-state index in [4.69, 9.17) is 5.73 Å². The Morgan fingerprint density at radius 2 is 1.83 bits per heavy atom. The van der Waals surface area contributed by atoms with Gasteiger partial charge in [0, 0.05) is 6.20 Å². The molecule has 3 heteroatoms. The Morgan fingerprint density at radius 3 is 2.39 bits per heavy atom. The van der Waals surface area contributed by atoms with Crippen LogP contribution in [0.15, 0.2) is 42.6 Å². The number of primary amides is 1. The maximum Gasteiger partial charge on any atom is 0.251 e. The maximum atomic E-state index is 11.7. The van der Waals surface area contributed by atoms with Crippen molar-refractivity contribution in [2.75, 3.05) is 0 Å². The standard InChI is InChI=1S/C15H16N2O/c1-10(2)14-13(15(16)18)12(8-9-17-14)11-6-4-3-5-7-11/h3-10H,1-2H3,(H2,16,18). The SMILES string of the molecule is CC(C)c1nccc(-c2ccccc2)c1C(N)=O. The first-order valence-electron chi connectivity index (χ1n) is 5.95. The van der Waals surface area contributed by atoms with Crippen molar-refractivity contribution in [1.29, 1.82) is 0 Å². The molecular weight excluding hydrogens is 224 g/mol. The fourth-order valence-corrected chi connectivity index (χ4v) is 2.03. The number of nitrogens with two attached hydrogens (primary N) is 1. The van der Waals surface area contributed by atoms with Crippen LogP contribution in [0.5, 0.6) is 0 Å². The van der Waals surface area contributed by atoms with Gasteiger partial charge in [-0.3, -0.25) is 9.78 Å². The Kier molecular flexibility index (Phi) is 3.42. The summed E-state index contributed by atoms with van der Waals surface area (Å²) in [4.78, 5) is 16.0. The molecule has 1 aromatic carbocycles. The molecule has 0 aliphatic heterocycles. The lowest BCUT2D eigenvalue weighted by molar-refractivity contribution is 0.0999. The number of amides is 1. The minimum Gasteiger partial charge on any atom is -0.366 e. The van der Waals surface area contributed by atoms with Gasteiger partial charge in [-0.1, -0.05) is 44.2 Å². The van der Waals surface area contributed by atoms with Gasteiger partial charge in [-0.2, -0.15) is 0 Å². The fraction of sp³-hybridized carbons (Fsp3) is 0.200. The Morgan fingerprint density at radius 1 is 1.17 bits per heavy atom. The minimum atomic E-state index is -0.425. The number of aromatic nitrogens is 1. The van der Waals surface area contributed by atoms with Crippen molar-refractivity contribution >= 4 is 5.91 Å². The summed E-state index contributed by atoms with van der Waals surface area (Å²) in [6.07, 6.45) is 1.73. The zero-order valence-electron chi connectivity index (χ0n) is 10.6. The fourth-order valence-electron chi connectivity index (χ4n) is 2.03. The summed E-state index contributed by atoms with van der Waals surface area (Å²) in [6.45, 7) is 4.01. The van der Waals surface area contributed by atoms with Crippen LogP contribution in [0.25, 0.3) is 11.1 Å². The normalized spacial score (nSPS) is 10.6. The Labute approximate surface area is 107 Å². The molecule has 1 heterocycles. The molecule has 0 aliphatic carbocycles. The first-order valence-corrected chi connectivity index (χ1v) is 5.95. The smallest absolute Gasteiger partial charge is 0.251 e. The topological polar surface area (TPSA) is 56.0 Å². The molecule has 0 saturated carbocycles. The molecule has 0 spiro atoms. The van der Waals surface area contributed by atoms with Crippen LogP contribution in [-0.2, 0) is 0 Å². The molecule has 2 rings (SSSR count). The van der Waals surface area contributed by atoms with Crippen LogP contribution in [0.3, 0.4) is 0 Å². The number of rotatable bonds is 3. The van der Waals surface area contributed by atoms with Crippen molar-refractivity contribution in [2.24, 2.45) is 5.73 Å². The maximum absolute atomic E-state index is 11.7. The number of hydrogen-bond donors (Lipinski definition) is 1. The first-order chi connectivity index (χ1) is 8.61. The Hall–Kier alpha value is -2.16. The van der Waals surface area contributed by atoms with E-state index in [-0.39, 0.29) is 5.92 Å². The van der Waals surface area contributed by atoms with Gasteiger partial charge in [-0.15, -0.1) is 0 Å². The van der Waals surface area contributed by atoms with Crippen molar-refractivity contribution in [1.82, 2.24) is 4.98 Å². The van der Waals surface area contributed by atoms with E-state index >= 15 is 0 Å². The van der Waals surface area contributed by atoms with E-state index in [1.807, 2.05) is 50.2 Å². The van der Waals surface area contributed by atoms with E-state index in [1.54, 1.807) is 6.20 Å². The van der Waals surface area contributed by atoms with Gasteiger partial charge in [0.15, 0.2) is 0 Å². The second-order valence-corrected chi connectivity index (χ2v) is 4.50. The van der Waals surface area contributed by atoms with E-state index in [0.717, 1.165) is 16.8 Å². The van der Waals surface area contributed by atoms with Gasteiger partial charge in [0.2, 0.25) is 0 Å². The molecule has 0 aliphatic rings. The molecule has 0 fully saturated rings. The van der Waals surface area contributed by atoms with Gasteiger partial charge in [0.05, 0.1) is 11.3 Å². The molecule has 2 N–H and O–H groups in total. The molecule has 0 saturated heterocycles. The van der Waals surface area contributed by atoms with E-state index in [0.29, 0.717) is 5.56 Å². The zero-order valence-corrected chi connectivity index (χ0v) is 10.6. The van der Waals surface area contributed by atoms with Crippen LogP contribution in [-0.4, -0.2) is 10.9 Å². The predicted molar refractivity (Wildman–Crippen MR) is 72.3 cm³/mol. The van der Waals surface area contributed by atoms with Crippen LogP contribution in [0, 0.1) is 0 Å². The molecule has 3 nitrogen and oxygen atoms in total. The van der Waals surface area contributed by atoms with Crippen LogP contribution >= 0.6 is 0 Å². The van der Waals surface area contributed by atoms with Crippen LogP contribution in [0.1, 0.15) is 35.8 Å². The third-order valence-electron chi connectivity index (χ3n) is 2.86. The lowest BCUT2D eigenvalue weighted by atomic mass is 9.94. The second kappa shape index (κ2) is 5.00. The summed E-state index contributed by atoms with van der Waals surface area (Å²) in [5.41, 5.74) is 8.62. The second-order valence-electron chi connectivity index (χ2n) is 4.50. The molecule has 1 amide bonds. The Bertz CT molecular complexity index is 562. The Balaban J connectivity index is 2.68. The first kappa shape index (κ1) is 12.3. The number of pyridine rings is 1. The van der Waals surface area contributed by atoms with Gasteiger partial charge in [-0.25, -0.2) is 0 Å². The molecular formula is C15H16N2O. The monoisotopic (exact) mass is 240 g/mol. The van der Waals surface area contributed by atoms with Crippen molar-refractivity contribution in [3.05, 3.63) is 53.9 Å². The average Bonchev–Trinajstić information content (AvgIpc) is 2.38. The van der Waals surface area contributed by atoms with Gasteiger partial charge >= 0.3 is 0 Å². The van der Waals surface area contributed by atoms with Gasteiger partial charge in [0.1, 0.15) is 0 Å². The number of nitrogens with zero attached hydrogens (tertiary/aromatic N) is 1. The molecule has 1 aromatic heterocycles. The van der Waals surface area contributed by atoms with Gasteiger partial charge < -0.3 is 5.73 Å². The van der Waals surface area contributed by atoms with Crippen molar-refractivity contribution in [3.63, 3.8) is 0 Å². The van der Waals surface area contributed by atoms with E-state index in [9.17, 15) is 4.79 Å². The molecule has 0 radical (unpaired) electrons. The lowest BCUT2D eigenvalue weighted by Crippen LogP contribution is -2.17. The largest absolute Gasteiger partial charge is 0.366 e. The van der Waals surface area contributed by atoms with Crippen LogP contribution in [0.4, 0.5) is 0 Å². The zero-order chi connectivity index (χ0) is 13.1. The number of hydrogen-bond acceptors (Lipinski definition) is 2. The quantitative estimate of drug-likeness (QED) is 0.896. The van der Waals surface area contributed by atoms with Gasteiger partial charge in [-0.05, 0) is 23.1 Å². The summed E-state index contributed by atoms with van der Waals surface area (Å²) in [7, 11) is 0. The van der Waals surface area contributed by atoms with E-state index in [1.165, 1.54) is 0 Å². The third kappa shape index (κ3) is 2.25. The van der Waals surface area contributed by atoms with Crippen molar-refractivity contribution < 1.29 is 4.79 Å². The number of carbonyl (C=O) groups excluding carboxylic acids is 1. The van der Waals surface area contributed by atoms with Crippen LogP contribution < -0.4 is 5.73 Å². The van der Waals surface area contributed by atoms with E-state index in [2.05, 4.69) is 4.98 Å². The summed E-state index contributed by atoms with van der Waals surface area (Å²) in [5.74, 6) is -0.262. The summed E-state index contributed by atoms with van der Waals surface area (Å²) in [5, 5.41) is 0. The molecule has 18 heavy (non-hydrogen) atoms. The molecule has 92 valence electrons. The summed E-state index contributed by atoms with van der Waals surface area (Å²) in [6, 6.07) is 11.6. The van der Waals surface area contributed by atoms with Crippen LogP contribution in [0.2, 0.25) is 0 Å². The molecule has 0 unspecified atom stereocenters. The highest BCUT2D eigenvalue weighted by molar-refractivity contribution is 6.01. The lowest BCUT2D eigenvalue weighted by Gasteiger charge is -2.13. The van der Waals surface area contributed by atoms with Crippen molar-refractivity contribution in [3.8, 4) is 11.1 Å². The molecule has 0 atom stereocenters. The highest BCUT2D eigenvalue weighted by atomic mass is 16.1. The van der Waals surface area contributed by atoms with Crippen molar-refractivity contribution in [2.45, 2.75) is 19.8 Å².